The van der Waals surface area contributed by atoms with Gasteiger partial charge in [-0.1, -0.05) is 0 Å². The third-order valence-electron chi connectivity index (χ3n) is 5.05. The number of halogens is 2. The zero-order valence-corrected chi connectivity index (χ0v) is 15.9. The Balaban J connectivity index is 1.47. The van der Waals surface area contributed by atoms with Crippen molar-refractivity contribution in [3.8, 4) is 0 Å². The van der Waals surface area contributed by atoms with Gasteiger partial charge in [-0.25, -0.2) is 32.3 Å². The predicted molar refractivity (Wildman–Crippen MR) is 101 cm³/mol. The number of rotatable bonds is 5. The van der Waals surface area contributed by atoms with Gasteiger partial charge in [-0.05, 0) is 37.1 Å². The SMILES string of the molecule is NS(=O)(=O)c1ccc(N2CCN(c3cc(C(F)F)nc(C4CC4)n3)CC2)cc1. The summed E-state index contributed by atoms with van der Waals surface area (Å²) < 4.78 is 49.2. The van der Waals surface area contributed by atoms with Crippen LogP contribution in [0.15, 0.2) is 35.2 Å². The van der Waals surface area contributed by atoms with Crippen LogP contribution in [-0.4, -0.2) is 44.6 Å². The first kappa shape index (κ1) is 19.0. The number of aromatic nitrogens is 2. The van der Waals surface area contributed by atoms with Gasteiger partial charge in [-0.3, -0.25) is 0 Å². The van der Waals surface area contributed by atoms with Crippen molar-refractivity contribution in [2.75, 3.05) is 36.0 Å². The summed E-state index contributed by atoms with van der Waals surface area (Å²) in [7, 11) is -3.71. The van der Waals surface area contributed by atoms with E-state index in [9.17, 15) is 17.2 Å². The molecular formula is C18H21F2N5O2S. The maximum Gasteiger partial charge on any atom is 0.280 e. The molecule has 1 aliphatic heterocycles. The third-order valence-corrected chi connectivity index (χ3v) is 5.98. The van der Waals surface area contributed by atoms with E-state index in [0.29, 0.717) is 37.8 Å². The van der Waals surface area contributed by atoms with E-state index in [4.69, 9.17) is 5.14 Å². The van der Waals surface area contributed by atoms with Crippen LogP contribution in [-0.2, 0) is 10.0 Å². The molecule has 0 amide bonds. The molecular weight excluding hydrogens is 388 g/mol. The summed E-state index contributed by atoms with van der Waals surface area (Å²) in [6, 6.07) is 7.80. The minimum Gasteiger partial charge on any atom is -0.368 e. The summed E-state index contributed by atoms with van der Waals surface area (Å²) in [6.07, 6.45) is -0.707. The van der Waals surface area contributed by atoms with Crippen LogP contribution in [0.2, 0.25) is 0 Å². The summed E-state index contributed by atoms with van der Waals surface area (Å²) >= 11 is 0. The molecule has 28 heavy (non-hydrogen) atoms. The minimum atomic E-state index is -3.71. The Morgan fingerprint density at radius 2 is 1.61 bits per heavy atom. The number of sulfonamides is 1. The van der Waals surface area contributed by atoms with Crippen LogP contribution in [0.3, 0.4) is 0 Å². The highest BCUT2D eigenvalue weighted by atomic mass is 32.2. The first-order valence-corrected chi connectivity index (χ1v) is 10.7. The van der Waals surface area contributed by atoms with Gasteiger partial charge in [-0.2, -0.15) is 0 Å². The molecule has 0 radical (unpaired) electrons. The molecule has 2 N–H and O–H groups in total. The standard InChI is InChI=1S/C18H21F2N5O2S/c19-17(20)15-11-16(23-18(22-15)12-1-2-12)25-9-7-24(8-10-25)13-3-5-14(6-4-13)28(21,26)27/h3-6,11-12,17H,1-2,7-10H2,(H2,21,26,27). The van der Waals surface area contributed by atoms with Gasteiger partial charge in [0.2, 0.25) is 10.0 Å². The largest absolute Gasteiger partial charge is 0.368 e. The van der Waals surface area contributed by atoms with Gasteiger partial charge in [0, 0.05) is 43.9 Å². The lowest BCUT2D eigenvalue weighted by Gasteiger charge is -2.37. The smallest absolute Gasteiger partial charge is 0.280 e. The zero-order valence-electron chi connectivity index (χ0n) is 15.1. The molecule has 2 aliphatic rings. The van der Waals surface area contributed by atoms with Crippen LogP contribution in [0, 0.1) is 0 Å². The van der Waals surface area contributed by atoms with Crippen LogP contribution in [0.25, 0.3) is 0 Å². The van der Waals surface area contributed by atoms with E-state index in [1.165, 1.54) is 18.2 Å². The summed E-state index contributed by atoms with van der Waals surface area (Å²) in [5.74, 6) is 1.28. The van der Waals surface area contributed by atoms with Crippen molar-refractivity contribution < 1.29 is 17.2 Å². The lowest BCUT2D eigenvalue weighted by Crippen LogP contribution is -2.47. The second kappa shape index (κ2) is 7.25. The van der Waals surface area contributed by atoms with Crippen LogP contribution in [0.1, 0.15) is 36.7 Å². The number of piperazine rings is 1. The molecule has 10 heteroatoms. The summed E-state index contributed by atoms with van der Waals surface area (Å²) in [5.41, 5.74) is 0.676. The second-order valence-corrected chi connectivity index (χ2v) is 8.66. The lowest BCUT2D eigenvalue weighted by molar-refractivity contribution is 0.145. The molecule has 2 heterocycles. The van der Waals surface area contributed by atoms with Gasteiger partial charge in [0.05, 0.1) is 4.90 Å². The van der Waals surface area contributed by atoms with Crippen LogP contribution in [0.4, 0.5) is 20.3 Å². The Morgan fingerprint density at radius 3 is 2.14 bits per heavy atom. The number of alkyl halides is 2. The molecule has 0 atom stereocenters. The third kappa shape index (κ3) is 4.07. The molecule has 2 fully saturated rings. The fourth-order valence-electron chi connectivity index (χ4n) is 3.31. The topological polar surface area (TPSA) is 92.4 Å². The Kier molecular flexibility index (Phi) is 4.92. The molecule has 7 nitrogen and oxygen atoms in total. The Bertz CT molecular complexity index is 936. The molecule has 1 aliphatic carbocycles. The van der Waals surface area contributed by atoms with Gasteiger partial charge in [-0.15, -0.1) is 0 Å². The number of primary sulfonamides is 1. The second-order valence-electron chi connectivity index (χ2n) is 7.10. The van der Waals surface area contributed by atoms with Gasteiger partial charge in [0.25, 0.3) is 6.43 Å². The van der Waals surface area contributed by atoms with Gasteiger partial charge >= 0.3 is 0 Å². The molecule has 1 saturated heterocycles. The average Bonchev–Trinajstić information content (AvgIpc) is 3.52. The van der Waals surface area contributed by atoms with Crippen molar-refractivity contribution in [2.24, 2.45) is 5.14 Å². The van der Waals surface area contributed by atoms with Crippen molar-refractivity contribution in [3.63, 3.8) is 0 Å². The maximum absolute atomic E-state index is 13.2. The van der Waals surface area contributed by atoms with Crippen LogP contribution >= 0.6 is 0 Å². The van der Waals surface area contributed by atoms with Gasteiger partial charge in [0.15, 0.2) is 0 Å². The van der Waals surface area contributed by atoms with Gasteiger partial charge < -0.3 is 9.80 Å². The summed E-state index contributed by atoms with van der Waals surface area (Å²) in [5, 5.41) is 5.13. The highest BCUT2D eigenvalue weighted by Gasteiger charge is 2.29. The van der Waals surface area contributed by atoms with Crippen molar-refractivity contribution in [1.82, 2.24) is 9.97 Å². The molecule has 0 spiro atoms. The minimum absolute atomic E-state index is 0.0722. The van der Waals surface area contributed by atoms with Gasteiger partial charge in [0.1, 0.15) is 17.3 Å². The summed E-state index contributed by atoms with van der Waals surface area (Å²) in [6.45, 7) is 2.59. The number of hydrogen-bond donors (Lipinski definition) is 1. The Labute approximate surface area is 162 Å². The number of anilines is 2. The number of hydrogen-bond acceptors (Lipinski definition) is 6. The molecule has 1 saturated carbocycles. The molecule has 4 rings (SSSR count). The Morgan fingerprint density at radius 1 is 1.00 bits per heavy atom. The molecule has 1 aromatic heterocycles. The van der Waals surface area contributed by atoms with Crippen LogP contribution < -0.4 is 14.9 Å². The van der Waals surface area contributed by atoms with E-state index in [1.54, 1.807) is 12.1 Å². The highest BCUT2D eigenvalue weighted by molar-refractivity contribution is 7.89. The lowest BCUT2D eigenvalue weighted by atomic mass is 10.2. The maximum atomic E-state index is 13.2. The molecule has 0 unspecified atom stereocenters. The van der Waals surface area contributed by atoms with E-state index < -0.39 is 16.4 Å². The van der Waals surface area contributed by atoms with E-state index in [1.807, 2.05) is 4.90 Å². The fraction of sp³-hybridized carbons (Fsp3) is 0.444. The molecule has 150 valence electrons. The van der Waals surface area contributed by atoms with E-state index in [2.05, 4.69) is 14.9 Å². The fourth-order valence-corrected chi connectivity index (χ4v) is 3.83. The average molecular weight is 409 g/mol. The summed E-state index contributed by atoms with van der Waals surface area (Å²) in [4.78, 5) is 12.7. The van der Waals surface area contributed by atoms with Crippen molar-refractivity contribution in [1.29, 1.82) is 0 Å². The molecule has 0 bridgehead atoms. The van der Waals surface area contributed by atoms with Crippen LogP contribution in [0.5, 0.6) is 0 Å². The normalized spacial score (nSPS) is 18.0. The molecule has 1 aromatic carbocycles. The van der Waals surface area contributed by atoms with Crippen molar-refractivity contribution >= 4 is 21.5 Å². The van der Waals surface area contributed by atoms with E-state index >= 15 is 0 Å². The molecule has 2 aromatic rings. The number of nitrogens with two attached hydrogens (primary N) is 1. The van der Waals surface area contributed by atoms with E-state index in [-0.39, 0.29) is 16.5 Å². The monoisotopic (exact) mass is 409 g/mol. The van der Waals surface area contributed by atoms with Crippen molar-refractivity contribution in [2.45, 2.75) is 30.1 Å². The zero-order chi connectivity index (χ0) is 19.9. The highest BCUT2D eigenvalue weighted by Crippen LogP contribution is 2.39. The number of benzene rings is 1. The van der Waals surface area contributed by atoms with Crippen molar-refractivity contribution in [3.05, 3.63) is 41.9 Å². The van der Waals surface area contributed by atoms with E-state index in [0.717, 1.165) is 18.5 Å². The number of nitrogens with zero attached hydrogens (tertiary/aromatic N) is 4. The predicted octanol–water partition coefficient (Wildman–Crippen LogP) is 2.27. The Hall–Kier alpha value is -2.33. The quantitative estimate of drug-likeness (QED) is 0.814. The first-order chi connectivity index (χ1) is 13.3. The first-order valence-electron chi connectivity index (χ1n) is 9.11.